The van der Waals surface area contributed by atoms with Gasteiger partial charge in [0.15, 0.2) is 0 Å². The van der Waals surface area contributed by atoms with Crippen molar-refractivity contribution in [3.05, 3.63) is 187 Å². The maximum absolute atomic E-state index is 12.9. The molecule has 0 aliphatic heterocycles. The number of rotatable bonds is 6. The lowest BCUT2D eigenvalue weighted by Gasteiger charge is -2.34. The van der Waals surface area contributed by atoms with Gasteiger partial charge in [-0.2, -0.15) is 0 Å². The van der Waals surface area contributed by atoms with E-state index in [1.54, 1.807) is 36.4 Å². The molecule has 6 aromatic rings. The van der Waals surface area contributed by atoms with Gasteiger partial charge in [0, 0.05) is 10.0 Å². The van der Waals surface area contributed by atoms with Gasteiger partial charge in [-0.25, -0.2) is 9.59 Å². The molecule has 1 aliphatic carbocycles. The minimum absolute atomic E-state index is 0.211. The first-order valence-electron chi connectivity index (χ1n) is 14.5. The number of carbonyl (C=O) groups is 2. The number of benzene rings is 6. The fourth-order valence-corrected chi connectivity index (χ4v) is 7.18. The lowest BCUT2D eigenvalue weighted by atomic mass is 9.68. The molecule has 0 saturated carbocycles. The maximum atomic E-state index is 12.9. The highest BCUT2D eigenvalue weighted by molar-refractivity contribution is 6.37. The van der Waals surface area contributed by atoms with Crippen molar-refractivity contribution in [2.45, 2.75) is 5.41 Å². The first-order valence-corrected chi connectivity index (χ1v) is 16.0. The van der Waals surface area contributed by atoms with Crippen molar-refractivity contribution < 1.29 is 19.1 Å². The van der Waals surface area contributed by atoms with Crippen LogP contribution in [0.15, 0.2) is 133 Å². The van der Waals surface area contributed by atoms with E-state index in [2.05, 4.69) is 24.3 Å². The summed E-state index contributed by atoms with van der Waals surface area (Å²) in [4.78, 5) is 25.9. The zero-order chi connectivity index (χ0) is 32.7. The van der Waals surface area contributed by atoms with Crippen molar-refractivity contribution in [3.63, 3.8) is 0 Å². The van der Waals surface area contributed by atoms with E-state index >= 15 is 0 Å². The molecule has 230 valence electrons. The van der Waals surface area contributed by atoms with Crippen LogP contribution >= 0.6 is 46.4 Å². The fraction of sp³-hybridized carbons (Fsp3) is 0.0256. The highest BCUT2D eigenvalue weighted by Crippen LogP contribution is 2.56. The fourth-order valence-electron chi connectivity index (χ4n) is 6.20. The van der Waals surface area contributed by atoms with Crippen LogP contribution in [0.2, 0.25) is 20.1 Å². The molecule has 0 heterocycles. The van der Waals surface area contributed by atoms with Crippen LogP contribution in [0.4, 0.5) is 0 Å². The highest BCUT2D eigenvalue weighted by atomic mass is 35.5. The van der Waals surface area contributed by atoms with E-state index in [0.717, 1.165) is 33.4 Å². The van der Waals surface area contributed by atoms with Crippen LogP contribution in [-0.2, 0) is 5.41 Å². The Labute approximate surface area is 291 Å². The van der Waals surface area contributed by atoms with Crippen LogP contribution in [0.5, 0.6) is 11.5 Å². The third kappa shape index (κ3) is 5.58. The van der Waals surface area contributed by atoms with Gasteiger partial charge in [-0.1, -0.05) is 119 Å². The van der Waals surface area contributed by atoms with Gasteiger partial charge >= 0.3 is 11.9 Å². The summed E-state index contributed by atoms with van der Waals surface area (Å²) in [6.07, 6.45) is 0. The molecule has 47 heavy (non-hydrogen) atoms. The summed E-state index contributed by atoms with van der Waals surface area (Å²) < 4.78 is 11.4. The molecule has 0 aromatic heterocycles. The largest absolute Gasteiger partial charge is 0.423 e. The van der Waals surface area contributed by atoms with Crippen LogP contribution in [0.3, 0.4) is 0 Å². The molecule has 0 N–H and O–H groups in total. The van der Waals surface area contributed by atoms with Gasteiger partial charge < -0.3 is 9.47 Å². The van der Waals surface area contributed by atoms with Crippen LogP contribution in [0.25, 0.3) is 11.1 Å². The van der Waals surface area contributed by atoms with Crippen LogP contribution < -0.4 is 9.47 Å². The molecule has 0 spiro atoms. The van der Waals surface area contributed by atoms with E-state index in [-0.39, 0.29) is 21.2 Å². The Morgan fingerprint density at radius 3 is 1.23 bits per heavy atom. The van der Waals surface area contributed by atoms with Crippen LogP contribution in [-0.4, -0.2) is 11.9 Å². The third-order valence-corrected chi connectivity index (χ3v) is 9.35. The predicted molar refractivity (Wildman–Crippen MR) is 187 cm³/mol. The predicted octanol–water partition coefficient (Wildman–Crippen LogP) is 11.1. The molecule has 0 bridgehead atoms. The van der Waals surface area contributed by atoms with E-state index in [1.165, 1.54) is 24.3 Å². The van der Waals surface area contributed by atoms with Crippen molar-refractivity contribution in [2.75, 3.05) is 0 Å². The van der Waals surface area contributed by atoms with E-state index in [0.29, 0.717) is 21.5 Å². The van der Waals surface area contributed by atoms with Gasteiger partial charge in [-0.3, -0.25) is 0 Å². The number of halogens is 4. The second-order valence-electron chi connectivity index (χ2n) is 10.9. The average molecular weight is 696 g/mol. The summed E-state index contributed by atoms with van der Waals surface area (Å²) in [6, 6.07) is 40.8. The number of hydrogen-bond donors (Lipinski definition) is 0. The van der Waals surface area contributed by atoms with Crippen molar-refractivity contribution in [1.82, 2.24) is 0 Å². The summed E-state index contributed by atoms with van der Waals surface area (Å²) in [5, 5.41) is 1.27. The normalized spacial score (nSPS) is 12.6. The molecule has 0 radical (unpaired) electrons. The number of carbonyl (C=O) groups excluding carboxylic acids is 2. The summed E-state index contributed by atoms with van der Waals surface area (Å²) in [7, 11) is 0. The van der Waals surface area contributed by atoms with Crippen molar-refractivity contribution in [2.24, 2.45) is 0 Å². The Kier molecular flexibility index (Phi) is 8.29. The van der Waals surface area contributed by atoms with Crippen LogP contribution in [0.1, 0.15) is 43.0 Å². The molecular weight excluding hydrogens is 674 g/mol. The molecule has 7 rings (SSSR count). The Bertz CT molecular complexity index is 2020. The van der Waals surface area contributed by atoms with Gasteiger partial charge in [-0.05, 0) is 94.0 Å². The second-order valence-corrected chi connectivity index (χ2v) is 12.6. The molecule has 0 fully saturated rings. The van der Waals surface area contributed by atoms with Gasteiger partial charge in [0.25, 0.3) is 0 Å². The summed E-state index contributed by atoms with van der Waals surface area (Å²) in [6.45, 7) is 0. The van der Waals surface area contributed by atoms with Gasteiger partial charge in [0.2, 0.25) is 0 Å². The smallest absolute Gasteiger partial charge is 0.345 e. The topological polar surface area (TPSA) is 52.6 Å². The minimum Gasteiger partial charge on any atom is -0.423 e. The zero-order valence-corrected chi connectivity index (χ0v) is 27.4. The number of esters is 2. The SMILES string of the molecule is O=C(Oc1ccc(C2(c3ccc(OC(=O)c4ccc(Cl)cc4Cl)cc3)c3ccccc3-c3ccccc32)cc1)c1ccc(Cl)cc1Cl. The van der Waals surface area contributed by atoms with E-state index in [1.807, 2.05) is 48.5 Å². The van der Waals surface area contributed by atoms with Crippen molar-refractivity contribution in [1.29, 1.82) is 0 Å². The molecular formula is C39H22Cl4O4. The summed E-state index contributed by atoms with van der Waals surface area (Å²) in [5.74, 6) is -0.448. The van der Waals surface area contributed by atoms with E-state index in [4.69, 9.17) is 55.9 Å². The Hall–Kier alpha value is -4.58. The molecule has 0 amide bonds. The molecule has 8 heteroatoms. The monoisotopic (exact) mass is 694 g/mol. The molecule has 4 nitrogen and oxygen atoms in total. The standard InChI is InChI=1S/C39H22Cl4O4/c40-25-13-19-31(35(42)21-25)37(44)46-27-15-9-23(10-16-27)39(33-7-3-1-5-29(33)30-6-2-4-8-34(30)39)24-11-17-28(18-12-24)47-38(45)32-20-14-26(41)22-36(32)43/h1-22H. The number of ether oxygens (including phenoxy) is 2. The summed E-state index contributed by atoms with van der Waals surface area (Å²) >= 11 is 24.5. The lowest BCUT2D eigenvalue weighted by Crippen LogP contribution is -2.28. The Balaban J connectivity index is 1.28. The Morgan fingerprint density at radius 2 is 0.851 bits per heavy atom. The van der Waals surface area contributed by atoms with Gasteiger partial charge in [0.05, 0.1) is 26.6 Å². The molecule has 6 aromatic carbocycles. The van der Waals surface area contributed by atoms with E-state index < -0.39 is 17.4 Å². The molecule has 0 saturated heterocycles. The van der Waals surface area contributed by atoms with E-state index in [9.17, 15) is 9.59 Å². The first kappa shape index (κ1) is 31.0. The van der Waals surface area contributed by atoms with Crippen molar-refractivity contribution in [3.8, 4) is 22.6 Å². The average Bonchev–Trinajstić information content (AvgIpc) is 3.36. The zero-order valence-electron chi connectivity index (χ0n) is 24.3. The minimum atomic E-state index is -0.725. The summed E-state index contributed by atoms with van der Waals surface area (Å²) in [5.41, 5.74) is 6.04. The van der Waals surface area contributed by atoms with Crippen LogP contribution in [0, 0.1) is 0 Å². The van der Waals surface area contributed by atoms with Gasteiger partial charge in [-0.15, -0.1) is 0 Å². The second kappa shape index (κ2) is 12.6. The molecule has 1 aliphatic rings. The quantitative estimate of drug-likeness (QED) is 0.128. The van der Waals surface area contributed by atoms with Crippen molar-refractivity contribution >= 4 is 58.3 Å². The maximum Gasteiger partial charge on any atom is 0.345 e. The molecule has 0 unspecified atom stereocenters. The first-order chi connectivity index (χ1) is 22.8. The Morgan fingerprint density at radius 1 is 0.468 bits per heavy atom. The number of fused-ring (bicyclic) bond motifs is 3. The number of hydrogen-bond acceptors (Lipinski definition) is 4. The molecule has 0 atom stereocenters. The highest BCUT2D eigenvalue weighted by Gasteiger charge is 2.45. The van der Waals surface area contributed by atoms with Gasteiger partial charge in [0.1, 0.15) is 11.5 Å². The lowest BCUT2D eigenvalue weighted by molar-refractivity contribution is 0.0725. The third-order valence-electron chi connectivity index (χ3n) is 8.25.